The standard InChI is InChI=1S/C21H27ClN2O3S/c22-19-4-3-17(28(26,27)24-5-1-2-6-24)10-18(19)20(25)23-21-11-14-7-15(12-21)9-16(8-14)13-21/h3-4,10,14-16H,1-2,5-9,11-13H2,(H,23,25). The largest absolute Gasteiger partial charge is 0.347 e. The molecular weight excluding hydrogens is 396 g/mol. The van der Waals surface area contributed by atoms with Crippen molar-refractivity contribution in [3.8, 4) is 0 Å². The zero-order chi connectivity index (χ0) is 19.5. The van der Waals surface area contributed by atoms with Crippen molar-refractivity contribution in [1.29, 1.82) is 0 Å². The van der Waals surface area contributed by atoms with E-state index in [1.807, 2.05) is 0 Å². The van der Waals surface area contributed by atoms with Gasteiger partial charge in [0.05, 0.1) is 15.5 Å². The summed E-state index contributed by atoms with van der Waals surface area (Å²) in [6.07, 6.45) is 8.83. The SMILES string of the molecule is O=C(NC12CC3CC(CC(C3)C1)C2)c1cc(S(=O)(=O)N2CCCC2)ccc1Cl. The molecule has 5 aliphatic rings. The fourth-order valence-electron chi connectivity index (χ4n) is 6.49. The number of carbonyl (C=O) groups excluding carboxylic acids is 1. The van der Waals surface area contributed by atoms with Crippen LogP contribution in [0.25, 0.3) is 0 Å². The predicted molar refractivity (Wildman–Crippen MR) is 108 cm³/mol. The average Bonchev–Trinajstić information content (AvgIpc) is 3.15. The molecule has 1 amide bonds. The minimum Gasteiger partial charge on any atom is -0.347 e. The quantitative estimate of drug-likeness (QED) is 0.801. The van der Waals surface area contributed by atoms with Crippen molar-refractivity contribution in [2.75, 3.05) is 13.1 Å². The van der Waals surface area contributed by atoms with Crippen molar-refractivity contribution in [3.05, 3.63) is 28.8 Å². The molecule has 152 valence electrons. The van der Waals surface area contributed by atoms with E-state index in [9.17, 15) is 13.2 Å². The highest BCUT2D eigenvalue weighted by Crippen LogP contribution is 2.55. The topological polar surface area (TPSA) is 66.5 Å². The fraction of sp³-hybridized carbons (Fsp3) is 0.667. The molecule has 6 rings (SSSR count). The summed E-state index contributed by atoms with van der Waals surface area (Å²) < 4.78 is 27.3. The van der Waals surface area contributed by atoms with E-state index in [0.29, 0.717) is 18.1 Å². The molecule has 1 N–H and O–H groups in total. The molecule has 7 heteroatoms. The van der Waals surface area contributed by atoms with E-state index < -0.39 is 10.0 Å². The Labute approximate surface area is 171 Å². The number of hydrogen-bond donors (Lipinski definition) is 1. The lowest BCUT2D eigenvalue weighted by Gasteiger charge is -2.56. The molecule has 0 atom stereocenters. The molecule has 5 fully saturated rings. The molecule has 0 spiro atoms. The van der Waals surface area contributed by atoms with Gasteiger partial charge in [-0.25, -0.2) is 8.42 Å². The summed E-state index contributed by atoms with van der Waals surface area (Å²) in [6, 6.07) is 4.52. The monoisotopic (exact) mass is 422 g/mol. The zero-order valence-corrected chi connectivity index (χ0v) is 17.6. The Morgan fingerprint density at radius 3 is 2.18 bits per heavy atom. The summed E-state index contributed by atoms with van der Waals surface area (Å²) in [5.74, 6) is 1.95. The van der Waals surface area contributed by atoms with Gasteiger partial charge in [0.2, 0.25) is 10.0 Å². The Kier molecular flexibility index (Phi) is 4.53. The van der Waals surface area contributed by atoms with Gasteiger partial charge in [0, 0.05) is 18.6 Å². The van der Waals surface area contributed by atoms with Crippen molar-refractivity contribution in [1.82, 2.24) is 9.62 Å². The van der Waals surface area contributed by atoms with Gasteiger partial charge in [-0.1, -0.05) is 11.6 Å². The van der Waals surface area contributed by atoms with Gasteiger partial charge in [-0.15, -0.1) is 0 Å². The molecule has 4 aliphatic carbocycles. The number of benzene rings is 1. The van der Waals surface area contributed by atoms with Crippen molar-refractivity contribution in [2.24, 2.45) is 17.8 Å². The number of halogens is 1. The lowest BCUT2D eigenvalue weighted by atomic mass is 9.53. The minimum absolute atomic E-state index is 0.126. The number of rotatable bonds is 4. The lowest BCUT2D eigenvalue weighted by Crippen LogP contribution is -2.59. The van der Waals surface area contributed by atoms with E-state index in [0.717, 1.165) is 49.9 Å². The maximum absolute atomic E-state index is 13.1. The lowest BCUT2D eigenvalue weighted by molar-refractivity contribution is -0.0167. The van der Waals surface area contributed by atoms with Crippen LogP contribution in [0, 0.1) is 17.8 Å². The van der Waals surface area contributed by atoms with Gasteiger partial charge in [0.25, 0.3) is 5.91 Å². The van der Waals surface area contributed by atoms with E-state index in [-0.39, 0.29) is 21.9 Å². The third-order valence-electron chi connectivity index (χ3n) is 7.30. The molecule has 1 heterocycles. The second-order valence-corrected chi connectivity index (χ2v) is 11.7. The predicted octanol–water partition coefficient (Wildman–Crippen LogP) is 3.82. The second kappa shape index (κ2) is 6.71. The summed E-state index contributed by atoms with van der Waals surface area (Å²) in [5.41, 5.74) is 0.150. The molecule has 1 saturated heterocycles. The average molecular weight is 423 g/mol. The van der Waals surface area contributed by atoms with Crippen LogP contribution in [0.5, 0.6) is 0 Å². The van der Waals surface area contributed by atoms with Gasteiger partial charge < -0.3 is 5.32 Å². The molecule has 1 aromatic carbocycles. The van der Waals surface area contributed by atoms with Crippen molar-refractivity contribution in [3.63, 3.8) is 0 Å². The summed E-state index contributed by atoms with van der Waals surface area (Å²) in [6.45, 7) is 1.08. The van der Waals surface area contributed by atoms with Crippen LogP contribution in [0.15, 0.2) is 23.1 Å². The van der Waals surface area contributed by atoms with Gasteiger partial charge >= 0.3 is 0 Å². The van der Waals surface area contributed by atoms with E-state index in [2.05, 4.69) is 5.32 Å². The van der Waals surface area contributed by atoms with Crippen molar-refractivity contribution < 1.29 is 13.2 Å². The molecule has 1 aromatic rings. The van der Waals surface area contributed by atoms with Crippen molar-refractivity contribution >= 4 is 27.5 Å². The molecule has 28 heavy (non-hydrogen) atoms. The Morgan fingerprint density at radius 2 is 1.61 bits per heavy atom. The second-order valence-electron chi connectivity index (χ2n) is 9.40. The van der Waals surface area contributed by atoms with E-state index in [1.165, 1.54) is 35.7 Å². The van der Waals surface area contributed by atoms with Crippen molar-refractivity contribution in [2.45, 2.75) is 61.8 Å². The maximum Gasteiger partial charge on any atom is 0.253 e. The van der Waals surface area contributed by atoms with Gasteiger partial charge in [0.15, 0.2) is 0 Å². The highest BCUT2D eigenvalue weighted by molar-refractivity contribution is 7.89. The number of amides is 1. The Morgan fingerprint density at radius 1 is 1.04 bits per heavy atom. The van der Waals surface area contributed by atoms with E-state index in [1.54, 1.807) is 6.07 Å². The molecule has 1 aliphatic heterocycles. The highest BCUT2D eigenvalue weighted by Gasteiger charge is 2.51. The van der Waals surface area contributed by atoms with Crippen LogP contribution in [0.3, 0.4) is 0 Å². The maximum atomic E-state index is 13.1. The number of nitrogens with zero attached hydrogens (tertiary/aromatic N) is 1. The number of carbonyl (C=O) groups is 1. The Bertz CT molecular complexity index is 873. The van der Waals surface area contributed by atoms with Gasteiger partial charge in [-0.2, -0.15) is 4.31 Å². The first-order valence-electron chi connectivity index (χ1n) is 10.5. The molecule has 0 aromatic heterocycles. The fourth-order valence-corrected chi connectivity index (χ4v) is 8.24. The van der Waals surface area contributed by atoms with Crippen LogP contribution >= 0.6 is 11.6 Å². The van der Waals surface area contributed by atoms with Crippen LogP contribution in [0.1, 0.15) is 61.7 Å². The molecule has 0 unspecified atom stereocenters. The minimum atomic E-state index is -3.57. The Balaban J connectivity index is 1.41. The summed E-state index contributed by atoms with van der Waals surface area (Å²) in [5, 5.41) is 3.61. The zero-order valence-electron chi connectivity index (χ0n) is 16.0. The van der Waals surface area contributed by atoms with Crippen LogP contribution in [0.4, 0.5) is 0 Å². The van der Waals surface area contributed by atoms with Crippen LogP contribution in [-0.4, -0.2) is 37.3 Å². The van der Waals surface area contributed by atoms with Gasteiger partial charge in [-0.05, 0) is 87.3 Å². The molecule has 4 saturated carbocycles. The summed E-state index contributed by atoms with van der Waals surface area (Å²) in [7, 11) is -3.57. The molecule has 4 bridgehead atoms. The molecule has 0 radical (unpaired) electrons. The first kappa shape index (κ1) is 18.9. The first-order valence-corrected chi connectivity index (χ1v) is 12.3. The third-order valence-corrected chi connectivity index (χ3v) is 9.53. The smallest absolute Gasteiger partial charge is 0.253 e. The van der Waals surface area contributed by atoms with Gasteiger partial charge in [0.1, 0.15) is 0 Å². The molecular formula is C21H27ClN2O3S. The van der Waals surface area contributed by atoms with Crippen LogP contribution in [0.2, 0.25) is 5.02 Å². The Hall–Kier alpha value is -1.11. The van der Waals surface area contributed by atoms with E-state index >= 15 is 0 Å². The number of sulfonamides is 1. The van der Waals surface area contributed by atoms with Crippen LogP contribution < -0.4 is 5.32 Å². The van der Waals surface area contributed by atoms with Gasteiger partial charge in [-0.3, -0.25) is 4.79 Å². The number of hydrogen-bond acceptors (Lipinski definition) is 3. The highest BCUT2D eigenvalue weighted by atomic mass is 35.5. The van der Waals surface area contributed by atoms with Crippen LogP contribution in [-0.2, 0) is 10.0 Å². The summed E-state index contributed by atoms with van der Waals surface area (Å²) >= 11 is 6.32. The van der Waals surface area contributed by atoms with E-state index in [4.69, 9.17) is 11.6 Å². The third kappa shape index (κ3) is 3.17. The number of nitrogens with one attached hydrogen (secondary N) is 1. The first-order chi connectivity index (χ1) is 13.3. The summed E-state index contributed by atoms with van der Waals surface area (Å²) in [4.78, 5) is 13.3. The normalized spacial score (nSPS) is 34.7. The molecule has 5 nitrogen and oxygen atoms in total.